The van der Waals surface area contributed by atoms with E-state index in [1.54, 1.807) is 0 Å². The molecular weight excluding hydrogens is 492 g/mol. The number of fused-ring (bicyclic) bond motifs is 1. The lowest BCUT2D eigenvalue weighted by molar-refractivity contribution is 0.0664. The van der Waals surface area contributed by atoms with Crippen molar-refractivity contribution in [3.63, 3.8) is 0 Å². The lowest BCUT2D eigenvalue weighted by atomic mass is 10.0. The molecule has 0 radical (unpaired) electrons. The Morgan fingerprint density at radius 3 is 2.26 bits per heavy atom. The molecule has 2 aliphatic rings. The second kappa shape index (κ2) is 10.7. The summed E-state index contributed by atoms with van der Waals surface area (Å²) in [6, 6.07) is 16.3. The van der Waals surface area contributed by atoms with Crippen molar-refractivity contribution < 1.29 is 9.53 Å². The molecule has 1 amide bonds. The molecule has 0 saturated carbocycles. The molecule has 4 aromatic rings. The average Bonchev–Trinajstić information content (AvgIpc) is 3.40. The number of carbonyl (C=O) groups is 1. The Hall–Kier alpha value is -3.89. The van der Waals surface area contributed by atoms with E-state index in [1.165, 1.54) is 0 Å². The van der Waals surface area contributed by atoms with Crippen LogP contribution < -0.4 is 4.90 Å². The van der Waals surface area contributed by atoms with E-state index in [9.17, 15) is 4.79 Å². The molecule has 0 aliphatic carbocycles. The van der Waals surface area contributed by atoms with Gasteiger partial charge in [0, 0.05) is 50.4 Å². The highest BCUT2D eigenvalue weighted by Crippen LogP contribution is 2.30. The number of aromatic nitrogens is 5. The zero-order valence-electron chi connectivity index (χ0n) is 22.7. The number of hydrogen-bond donors (Lipinski definition) is 0. The molecule has 2 aromatic carbocycles. The Morgan fingerprint density at radius 1 is 0.923 bits per heavy atom. The van der Waals surface area contributed by atoms with Gasteiger partial charge in [-0.25, -0.2) is 14.6 Å². The Bertz CT molecular complexity index is 1460. The van der Waals surface area contributed by atoms with Gasteiger partial charge in [0.25, 0.3) is 5.91 Å². The first-order valence-electron chi connectivity index (χ1n) is 13.7. The first kappa shape index (κ1) is 25.4. The van der Waals surface area contributed by atoms with Gasteiger partial charge in [-0.3, -0.25) is 4.79 Å². The summed E-state index contributed by atoms with van der Waals surface area (Å²) < 4.78 is 7.46. The first-order chi connectivity index (χ1) is 19.0. The van der Waals surface area contributed by atoms with Crippen molar-refractivity contribution in [3.05, 3.63) is 54.1 Å². The Balaban J connectivity index is 1.26. The van der Waals surface area contributed by atoms with E-state index >= 15 is 0 Å². The number of ether oxygens (including phenoxy) is 1. The number of benzene rings is 2. The summed E-state index contributed by atoms with van der Waals surface area (Å²) in [5.74, 6) is 1.55. The minimum absolute atomic E-state index is 0.101. The molecule has 10 nitrogen and oxygen atoms in total. The molecule has 0 bridgehead atoms. The molecule has 0 N–H and O–H groups in total. The molecule has 2 saturated heterocycles. The van der Waals surface area contributed by atoms with Gasteiger partial charge in [0.15, 0.2) is 22.8 Å². The van der Waals surface area contributed by atoms with E-state index < -0.39 is 0 Å². The van der Waals surface area contributed by atoms with E-state index in [-0.39, 0.29) is 11.9 Å². The number of likely N-dealkylation sites (N-methyl/N-ethyl adjacent to an activating group) is 1. The van der Waals surface area contributed by atoms with Gasteiger partial charge in [-0.2, -0.15) is 0 Å². The van der Waals surface area contributed by atoms with E-state index in [2.05, 4.69) is 46.2 Å². The quantitative estimate of drug-likeness (QED) is 0.392. The number of nitrogens with zero attached hydrogens (tertiary/aromatic N) is 8. The maximum absolute atomic E-state index is 12.9. The topological polar surface area (TPSA) is 92.5 Å². The monoisotopic (exact) mass is 526 g/mol. The minimum atomic E-state index is 0.101. The molecule has 6 rings (SSSR count). The van der Waals surface area contributed by atoms with E-state index in [0.29, 0.717) is 25.6 Å². The third-order valence-electron chi connectivity index (χ3n) is 7.68. The molecule has 202 valence electrons. The summed E-state index contributed by atoms with van der Waals surface area (Å²) in [5.41, 5.74) is 5.24. The van der Waals surface area contributed by atoms with Gasteiger partial charge >= 0.3 is 0 Å². The molecular formula is C29H34N8O2. The largest absolute Gasteiger partial charge is 0.377 e. The van der Waals surface area contributed by atoms with Gasteiger partial charge in [-0.1, -0.05) is 41.6 Å². The summed E-state index contributed by atoms with van der Waals surface area (Å²) in [6.07, 6.45) is 0. The predicted octanol–water partition coefficient (Wildman–Crippen LogP) is 3.19. The van der Waals surface area contributed by atoms with E-state index in [0.717, 1.165) is 72.0 Å². The van der Waals surface area contributed by atoms with Crippen molar-refractivity contribution in [2.24, 2.45) is 0 Å². The van der Waals surface area contributed by atoms with Crippen LogP contribution in [0.5, 0.6) is 0 Å². The van der Waals surface area contributed by atoms with Gasteiger partial charge in [-0.15, -0.1) is 5.10 Å². The maximum Gasteiger partial charge on any atom is 0.253 e. The molecule has 10 heteroatoms. The van der Waals surface area contributed by atoms with Crippen LogP contribution in [0.1, 0.15) is 24.2 Å². The number of aryl methyl sites for hydroxylation is 1. The maximum atomic E-state index is 12.9. The van der Waals surface area contributed by atoms with Crippen LogP contribution in [-0.4, -0.2) is 99.7 Å². The third kappa shape index (κ3) is 4.97. The predicted molar refractivity (Wildman–Crippen MR) is 151 cm³/mol. The summed E-state index contributed by atoms with van der Waals surface area (Å²) in [4.78, 5) is 29.2. The number of hydrogen-bond acceptors (Lipinski definition) is 8. The highest BCUT2D eigenvalue weighted by atomic mass is 16.5. The van der Waals surface area contributed by atoms with Crippen LogP contribution in [0.3, 0.4) is 0 Å². The van der Waals surface area contributed by atoms with Crippen LogP contribution >= 0.6 is 0 Å². The normalized spacial score (nSPS) is 18.6. The summed E-state index contributed by atoms with van der Waals surface area (Å²) in [7, 11) is 2.09. The van der Waals surface area contributed by atoms with Gasteiger partial charge in [0.05, 0.1) is 19.3 Å². The fourth-order valence-electron chi connectivity index (χ4n) is 5.24. The molecule has 1 atom stereocenters. The minimum Gasteiger partial charge on any atom is -0.377 e. The fourth-order valence-corrected chi connectivity index (χ4v) is 5.24. The van der Waals surface area contributed by atoms with Crippen molar-refractivity contribution in [3.8, 4) is 22.5 Å². The smallest absolute Gasteiger partial charge is 0.253 e. The first-order valence-corrected chi connectivity index (χ1v) is 13.7. The van der Waals surface area contributed by atoms with Crippen LogP contribution in [0.4, 0.5) is 5.82 Å². The lowest BCUT2D eigenvalue weighted by Gasteiger charge is -2.34. The van der Waals surface area contributed by atoms with Crippen molar-refractivity contribution in [2.75, 3.05) is 57.9 Å². The molecule has 0 spiro atoms. The van der Waals surface area contributed by atoms with Crippen molar-refractivity contribution in [1.29, 1.82) is 0 Å². The third-order valence-corrected chi connectivity index (χ3v) is 7.68. The Morgan fingerprint density at radius 2 is 1.59 bits per heavy atom. The standard InChI is InChI=1S/C29H34N8O2/c1-4-37-28-25(32-33-37)27(36-17-18-39-19-20(36)2)30-26(31-28)23-9-5-21(6-10-23)22-7-11-24(12-8-22)29(38)35-15-13-34(3)14-16-35/h5-12,20H,4,13-19H2,1-3H3/t20-/m0/s1. The van der Waals surface area contributed by atoms with Crippen LogP contribution in [0.2, 0.25) is 0 Å². The van der Waals surface area contributed by atoms with Crippen LogP contribution in [0.15, 0.2) is 48.5 Å². The van der Waals surface area contributed by atoms with Crippen molar-refractivity contribution in [2.45, 2.75) is 26.4 Å². The summed E-state index contributed by atoms with van der Waals surface area (Å²) in [5, 5.41) is 8.73. The highest BCUT2D eigenvalue weighted by molar-refractivity contribution is 5.95. The zero-order valence-corrected chi connectivity index (χ0v) is 22.7. The fraction of sp³-hybridized carbons (Fsp3) is 0.414. The lowest BCUT2D eigenvalue weighted by Crippen LogP contribution is -2.47. The number of amides is 1. The Kier molecular flexibility index (Phi) is 6.97. The number of rotatable bonds is 5. The van der Waals surface area contributed by atoms with Gasteiger partial charge in [0.1, 0.15) is 0 Å². The highest BCUT2D eigenvalue weighted by Gasteiger charge is 2.26. The number of carbonyl (C=O) groups excluding carboxylic acids is 1. The number of anilines is 1. The second-order valence-electron chi connectivity index (χ2n) is 10.3. The summed E-state index contributed by atoms with van der Waals surface area (Å²) in [6.45, 7) is 10.3. The number of piperazine rings is 1. The van der Waals surface area contributed by atoms with Gasteiger partial charge < -0.3 is 19.4 Å². The van der Waals surface area contributed by atoms with Crippen molar-refractivity contribution >= 4 is 22.9 Å². The van der Waals surface area contributed by atoms with E-state index in [4.69, 9.17) is 14.7 Å². The average molecular weight is 527 g/mol. The van der Waals surface area contributed by atoms with Crippen molar-refractivity contribution in [1.82, 2.24) is 34.8 Å². The van der Waals surface area contributed by atoms with E-state index in [1.807, 2.05) is 52.9 Å². The SMILES string of the molecule is CCn1nnc2c(N3CCOC[C@@H]3C)nc(-c3ccc(-c4ccc(C(=O)N5CCN(C)CC5)cc4)cc3)nc21. The molecule has 2 aromatic heterocycles. The van der Waals surface area contributed by atoms with Crippen LogP contribution in [0.25, 0.3) is 33.7 Å². The van der Waals surface area contributed by atoms with Crippen LogP contribution in [-0.2, 0) is 11.3 Å². The molecule has 4 heterocycles. The summed E-state index contributed by atoms with van der Waals surface area (Å²) >= 11 is 0. The molecule has 39 heavy (non-hydrogen) atoms. The molecule has 2 aliphatic heterocycles. The van der Waals surface area contributed by atoms with Gasteiger partial charge in [0.2, 0.25) is 0 Å². The second-order valence-corrected chi connectivity index (χ2v) is 10.3. The zero-order chi connectivity index (χ0) is 26.9. The number of morpholine rings is 1. The van der Waals surface area contributed by atoms with Gasteiger partial charge in [-0.05, 0) is 44.2 Å². The molecule has 0 unspecified atom stereocenters. The Labute approximate surface area is 228 Å². The van der Waals surface area contributed by atoms with Crippen LogP contribution in [0, 0.1) is 0 Å². The molecule has 2 fully saturated rings.